The minimum absolute atomic E-state index is 0.0429. The first kappa shape index (κ1) is 16.8. The van der Waals surface area contributed by atoms with E-state index in [1.54, 1.807) is 14.2 Å². The van der Waals surface area contributed by atoms with Crippen molar-refractivity contribution in [2.24, 2.45) is 0 Å². The van der Waals surface area contributed by atoms with E-state index < -0.39 is 0 Å². The average Bonchev–Trinajstić information content (AvgIpc) is 2.37. The molecule has 17 heavy (non-hydrogen) atoms. The summed E-state index contributed by atoms with van der Waals surface area (Å²) in [5.74, 6) is 0. The molecule has 0 fully saturated rings. The lowest BCUT2D eigenvalue weighted by molar-refractivity contribution is -0.0530. The maximum absolute atomic E-state index is 5.56. The first-order valence-electron chi connectivity index (χ1n) is 6.38. The van der Waals surface area contributed by atoms with Crippen molar-refractivity contribution < 1.29 is 14.2 Å². The zero-order valence-corrected chi connectivity index (χ0v) is 11.6. The van der Waals surface area contributed by atoms with Gasteiger partial charge in [0.05, 0.1) is 13.2 Å². The summed E-state index contributed by atoms with van der Waals surface area (Å²) < 4.78 is 16.1. The second-order valence-electron chi connectivity index (χ2n) is 3.89. The molecule has 0 amide bonds. The Balaban J connectivity index is 3.61. The maximum Gasteiger partial charge on any atom is 0.131 e. The zero-order chi connectivity index (χ0) is 12.9. The Hall–Kier alpha value is -0.200. The van der Waals surface area contributed by atoms with Gasteiger partial charge >= 0.3 is 0 Å². The molecule has 0 heterocycles. The van der Waals surface area contributed by atoms with Crippen LogP contribution >= 0.6 is 0 Å². The van der Waals surface area contributed by atoms with Gasteiger partial charge in [-0.25, -0.2) is 0 Å². The molecular formula is C12H28N2O3. The first-order chi connectivity index (χ1) is 8.28. The van der Waals surface area contributed by atoms with Crippen molar-refractivity contribution in [3.63, 3.8) is 0 Å². The van der Waals surface area contributed by atoms with Crippen LogP contribution in [0.3, 0.4) is 0 Å². The summed E-state index contributed by atoms with van der Waals surface area (Å²) >= 11 is 0. The third kappa shape index (κ3) is 9.50. The summed E-state index contributed by atoms with van der Waals surface area (Å²) in [7, 11) is 3.36. The predicted octanol–water partition coefficient (Wildman–Crippen LogP) is 0.947. The van der Waals surface area contributed by atoms with Crippen LogP contribution in [0.15, 0.2) is 0 Å². The highest BCUT2D eigenvalue weighted by Gasteiger charge is 2.09. The summed E-state index contributed by atoms with van der Waals surface area (Å²) in [6.45, 7) is 7.17. The normalized spacial score (nSPS) is 14.8. The Kier molecular flexibility index (Phi) is 12.1. The molecule has 2 N–H and O–H groups in total. The van der Waals surface area contributed by atoms with Crippen LogP contribution in [0.5, 0.6) is 0 Å². The van der Waals surface area contributed by atoms with Crippen LogP contribution in [0.25, 0.3) is 0 Å². The van der Waals surface area contributed by atoms with Gasteiger partial charge in [0.1, 0.15) is 12.5 Å². The Morgan fingerprint density at radius 1 is 0.824 bits per heavy atom. The maximum atomic E-state index is 5.56. The molecule has 5 heteroatoms. The Morgan fingerprint density at radius 2 is 1.24 bits per heavy atom. The van der Waals surface area contributed by atoms with Gasteiger partial charge in [0, 0.05) is 14.2 Å². The van der Waals surface area contributed by atoms with Gasteiger partial charge < -0.3 is 14.2 Å². The van der Waals surface area contributed by atoms with Crippen molar-refractivity contribution >= 4 is 0 Å². The standard InChI is InChI=1S/C12H28N2O3/c1-5-7-13-11(15-3)9-17-10-12(16-4)14-8-6-2/h11-14H,5-10H2,1-4H3. The molecule has 0 aromatic heterocycles. The summed E-state index contributed by atoms with van der Waals surface area (Å²) in [6, 6.07) is 0. The minimum atomic E-state index is -0.0429. The lowest BCUT2D eigenvalue weighted by atomic mass is 10.4. The van der Waals surface area contributed by atoms with Crippen LogP contribution < -0.4 is 10.6 Å². The molecule has 0 spiro atoms. The highest BCUT2D eigenvalue weighted by molar-refractivity contribution is 4.56. The topological polar surface area (TPSA) is 51.8 Å². The smallest absolute Gasteiger partial charge is 0.131 e. The van der Waals surface area contributed by atoms with Gasteiger partial charge in [-0.2, -0.15) is 0 Å². The Bertz CT molecular complexity index is 143. The molecule has 0 aromatic rings. The number of hydrogen-bond acceptors (Lipinski definition) is 5. The molecule has 0 aliphatic rings. The molecule has 2 atom stereocenters. The Labute approximate surface area is 105 Å². The van der Waals surface area contributed by atoms with Crippen LogP contribution in [0.4, 0.5) is 0 Å². The SMILES string of the molecule is CCCNC(COCC(NCCC)OC)OC. The summed E-state index contributed by atoms with van der Waals surface area (Å²) in [6.07, 6.45) is 2.08. The van der Waals surface area contributed by atoms with Gasteiger partial charge in [-0.05, 0) is 25.9 Å². The van der Waals surface area contributed by atoms with Gasteiger partial charge in [0.2, 0.25) is 0 Å². The van der Waals surface area contributed by atoms with E-state index in [0.29, 0.717) is 13.2 Å². The molecule has 0 radical (unpaired) electrons. The van der Waals surface area contributed by atoms with Crippen molar-refractivity contribution in [2.45, 2.75) is 39.1 Å². The van der Waals surface area contributed by atoms with E-state index in [4.69, 9.17) is 14.2 Å². The van der Waals surface area contributed by atoms with Crippen molar-refractivity contribution in [1.82, 2.24) is 10.6 Å². The molecule has 0 rings (SSSR count). The minimum Gasteiger partial charge on any atom is -0.373 e. The van der Waals surface area contributed by atoms with Crippen LogP contribution in [-0.4, -0.2) is 53.0 Å². The highest BCUT2D eigenvalue weighted by Crippen LogP contribution is 1.92. The van der Waals surface area contributed by atoms with E-state index in [-0.39, 0.29) is 12.5 Å². The van der Waals surface area contributed by atoms with E-state index in [1.165, 1.54) is 0 Å². The second-order valence-corrected chi connectivity index (χ2v) is 3.89. The van der Waals surface area contributed by atoms with Crippen LogP contribution in [0.2, 0.25) is 0 Å². The summed E-state index contributed by atoms with van der Waals surface area (Å²) in [5.41, 5.74) is 0. The fourth-order valence-electron chi connectivity index (χ4n) is 1.31. The van der Waals surface area contributed by atoms with Gasteiger partial charge in [-0.3, -0.25) is 10.6 Å². The monoisotopic (exact) mass is 248 g/mol. The fourth-order valence-corrected chi connectivity index (χ4v) is 1.31. The molecule has 0 aromatic carbocycles. The number of hydrogen-bond donors (Lipinski definition) is 2. The Morgan fingerprint density at radius 3 is 1.53 bits per heavy atom. The van der Waals surface area contributed by atoms with Crippen molar-refractivity contribution in [3.8, 4) is 0 Å². The summed E-state index contributed by atoms with van der Waals surface area (Å²) in [5, 5.41) is 6.49. The molecule has 0 bridgehead atoms. The molecular weight excluding hydrogens is 220 g/mol. The second kappa shape index (κ2) is 12.3. The number of rotatable bonds is 12. The molecule has 0 aliphatic heterocycles. The van der Waals surface area contributed by atoms with E-state index in [2.05, 4.69) is 24.5 Å². The zero-order valence-electron chi connectivity index (χ0n) is 11.6. The van der Waals surface area contributed by atoms with E-state index in [1.807, 2.05) is 0 Å². The van der Waals surface area contributed by atoms with Crippen LogP contribution in [0, 0.1) is 0 Å². The lowest BCUT2D eigenvalue weighted by Gasteiger charge is -2.20. The molecule has 2 unspecified atom stereocenters. The number of nitrogens with one attached hydrogen (secondary N) is 2. The van der Waals surface area contributed by atoms with Gasteiger partial charge in [0.25, 0.3) is 0 Å². The number of ether oxygens (including phenoxy) is 3. The number of methoxy groups -OCH3 is 2. The summed E-state index contributed by atoms with van der Waals surface area (Å²) in [4.78, 5) is 0. The fraction of sp³-hybridized carbons (Fsp3) is 1.00. The highest BCUT2D eigenvalue weighted by atomic mass is 16.6. The van der Waals surface area contributed by atoms with Gasteiger partial charge in [-0.15, -0.1) is 0 Å². The third-order valence-corrected chi connectivity index (χ3v) is 2.35. The van der Waals surface area contributed by atoms with E-state index in [0.717, 1.165) is 25.9 Å². The molecule has 0 saturated carbocycles. The van der Waals surface area contributed by atoms with Gasteiger partial charge in [0.15, 0.2) is 0 Å². The quantitative estimate of drug-likeness (QED) is 0.504. The van der Waals surface area contributed by atoms with E-state index >= 15 is 0 Å². The van der Waals surface area contributed by atoms with E-state index in [9.17, 15) is 0 Å². The molecule has 5 nitrogen and oxygen atoms in total. The molecule has 104 valence electrons. The van der Waals surface area contributed by atoms with Crippen molar-refractivity contribution in [1.29, 1.82) is 0 Å². The molecule has 0 saturated heterocycles. The first-order valence-corrected chi connectivity index (χ1v) is 6.38. The lowest BCUT2D eigenvalue weighted by Crippen LogP contribution is -2.39. The van der Waals surface area contributed by atoms with Gasteiger partial charge in [-0.1, -0.05) is 13.8 Å². The van der Waals surface area contributed by atoms with Crippen molar-refractivity contribution in [2.75, 3.05) is 40.5 Å². The molecule has 0 aliphatic carbocycles. The van der Waals surface area contributed by atoms with Crippen LogP contribution in [-0.2, 0) is 14.2 Å². The average molecular weight is 248 g/mol. The predicted molar refractivity (Wildman–Crippen MR) is 69.0 cm³/mol. The largest absolute Gasteiger partial charge is 0.373 e. The van der Waals surface area contributed by atoms with Crippen molar-refractivity contribution in [3.05, 3.63) is 0 Å². The third-order valence-electron chi connectivity index (χ3n) is 2.35. The van der Waals surface area contributed by atoms with Crippen LogP contribution in [0.1, 0.15) is 26.7 Å².